The summed E-state index contributed by atoms with van der Waals surface area (Å²) < 4.78 is 98.4. The molecule has 160 valence electrons. The molecule has 1 fully saturated rings. The second kappa shape index (κ2) is 8.01. The van der Waals surface area contributed by atoms with Gasteiger partial charge in [0.25, 0.3) is 0 Å². The summed E-state index contributed by atoms with van der Waals surface area (Å²) in [6.07, 6.45) is -3.54. The van der Waals surface area contributed by atoms with Gasteiger partial charge in [0.1, 0.15) is 11.6 Å². The van der Waals surface area contributed by atoms with Crippen LogP contribution in [0.4, 0.5) is 30.7 Å². The van der Waals surface area contributed by atoms with Crippen LogP contribution in [0.25, 0.3) is 0 Å². The number of carbonyl (C=O) groups excluding carboxylic acids is 1. The maximum atomic E-state index is 14.1. The molecular formula is C19H16ClF7O2. The minimum absolute atomic E-state index is 0.462. The Balaban J connectivity index is 2.19. The lowest BCUT2D eigenvalue weighted by atomic mass is 10.1. The number of allylic oxidation sites excluding steroid dienone is 3. The fourth-order valence-electron chi connectivity index (χ4n) is 3.10. The van der Waals surface area contributed by atoms with Gasteiger partial charge < -0.3 is 4.74 Å². The number of ether oxygens (including phenoxy) is 1. The largest absolute Gasteiger partial charge is 0.460 e. The summed E-state index contributed by atoms with van der Waals surface area (Å²) >= 11 is 5.17. The van der Waals surface area contributed by atoms with Crippen molar-refractivity contribution in [1.82, 2.24) is 0 Å². The quantitative estimate of drug-likeness (QED) is 0.234. The van der Waals surface area contributed by atoms with E-state index in [-0.39, 0.29) is 0 Å². The van der Waals surface area contributed by atoms with Crippen LogP contribution in [0.15, 0.2) is 23.8 Å². The molecule has 0 N–H and O–H groups in total. The van der Waals surface area contributed by atoms with Crippen LogP contribution in [-0.2, 0) is 22.6 Å². The van der Waals surface area contributed by atoms with E-state index in [0.29, 0.717) is 6.08 Å². The summed E-state index contributed by atoms with van der Waals surface area (Å²) in [5, 5.41) is -1.41. The minimum atomic E-state index is -4.79. The number of hydrogen-bond donors (Lipinski definition) is 0. The summed E-state index contributed by atoms with van der Waals surface area (Å²) in [4.78, 5) is 12.2. The standard InChI is InChI=1S/C19H16ClF7O2/c1-4-5-8-13(21)15(23)9(16(24)14(8)22)7-29-17(28)12-10(18(12,2)3)6-11(20)19(25,26)27/h4,6,10,12H,1,5,7H2,2-3H3. The van der Waals surface area contributed by atoms with E-state index in [4.69, 9.17) is 16.3 Å². The van der Waals surface area contributed by atoms with E-state index >= 15 is 0 Å². The lowest BCUT2D eigenvalue weighted by Gasteiger charge is -2.12. The lowest BCUT2D eigenvalue weighted by Crippen LogP contribution is -2.15. The summed E-state index contributed by atoms with van der Waals surface area (Å²) in [6.45, 7) is 5.05. The molecule has 1 aliphatic carbocycles. The predicted octanol–water partition coefficient (Wildman–Crippen LogP) is 5.97. The Kier molecular flexibility index (Phi) is 6.42. The van der Waals surface area contributed by atoms with Crippen molar-refractivity contribution in [2.45, 2.75) is 33.1 Å². The van der Waals surface area contributed by atoms with E-state index in [0.717, 1.165) is 6.08 Å². The third kappa shape index (κ3) is 4.44. The molecule has 0 radical (unpaired) electrons. The van der Waals surface area contributed by atoms with Gasteiger partial charge in [0.05, 0.1) is 11.5 Å². The summed E-state index contributed by atoms with van der Waals surface area (Å²) in [6, 6.07) is 0. The molecule has 0 heterocycles. The molecule has 10 heteroatoms. The van der Waals surface area contributed by atoms with Crippen LogP contribution in [0.1, 0.15) is 25.0 Å². The number of halogens is 8. The van der Waals surface area contributed by atoms with E-state index in [2.05, 4.69) is 6.58 Å². The van der Waals surface area contributed by atoms with Crippen molar-refractivity contribution < 1.29 is 40.3 Å². The van der Waals surface area contributed by atoms with Crippen molar-refractivity contribution in [3.05, 3.63) is 58.2 Å². The third-order valence-electron chi connectivity index (χ3n) is 4.91. The molecule has 1 saturated carbocycles. The van der Waals surface area contributed by atoms with Crippen molar-refractivity contribution in [3.8, 4) is 0 Å². The van der Waals surface area contributed by atoms with Crippen LogP contribution in [0, 0.1) is 40.5 Å². The van der Waals surface area contributed by atoms with Crippen LogP contribution >= 0.6 is 11.6 Å². The first-order valence-corrected chi connectivity index (χ1v) is 8.68. The first-order chi connectivity index (χ1) is 13.2. The fraction of sp³-hybridized carbons (Fsp3) is 0.421. The Morgan fingerprint density at radius 3 is 2.03 bits per heavy atom. The molecule has 2 atom stereocenters. The van der Waals surface area contributed by atoms with E-state index in [1.54, 1.807) is 0 Å². The number of hydrogen-bond acceptors (Lipinski definition) is 2. The number of esters is 1. The van der Waals surface area contributed by atoms with Gasteiger partial charge in [-0.3, -0.25) is 4.79 Å². The fourth-order valence-corrected chi connectivity index (χ4v) is 3.23. The molecule has 2 unspecified atom stereocenters. The first kappa shape index (κ1) is 23.3. The Morgan fingerprint density at radius 1 is 1.10 bits per heavy atom. The predicted molar refractivity (Wildman–Crippen MR) is 90.7 cm³/mol. The van der Waals surface area contributed by atoms with Gasteiger partial charge in [-0.2, -0.15) is 13.2 Å². The zero-order chi connectivity index (χ0) is 22.3. The molecular weight excluding hydrogens is 429 g/mol. The highest BCUT2D eigenvalue weighted by Crippen LogP contribution is 2.60. The molecule has 2 rings (SSSR count). The van der Waals surface area contributed by atoms with Crippen LogP contribution in [-0.4, -0.2) is 12.1 Å². The highest BCUT2D eigenvalue weighted by atomic mass is 35.5. The average molecular weight is 445 g/mol. The Morgan fingerprint density at radius 2 is 1.59 bits per heavy atom. The molecule has 0 aliphatic heterocycles. The summed E-state index contributed by atoms with van der Waals surface area (Å²) in [5.74, 6) is -9.79. The third-order valence-corrected chi connectivity index (χ3v) is 5.25. The smallest absolute Gasteiger partial charge is 0.426 e. The molecule has 0 saturated heterocycles. The number of rotatable bonds is 6. The van der Waals surface area contributed by atoms with Gasteiger partial charge >= 0.3 is 12.1 Å². The zero-order valence-corrected chi connectivity index (χ0v) is 16.0. The maximum Gasteiger partial charge on any atom is 0.426 e. The monoisotopic (exact) mass is 444 g/mol. The minimum Gasteiger partial charge on any atom is -0.460 e. The van der Waals surface area contributed by atoms with Crippen LogP contribution in [0.2, 0.25) is 0 Å². The van der Waals surface area contributed by atoms with Crippen LogP contribution < -0.4 is 0 Å². The summed E-state index contributed by atoms with van der Waals surface area (Å²) in [7, 11) is 0. The molecule has 1 aromatic carbocycles. The van der Waals surface area contributed by atoms with Gasteiger partial charge in [-0.25, -0.2) is 17.6 Å². The lowest BCUT2D eigenvalue weighted by molar-refractivity contribution is -0.147. The molecule has 0 spiro atoms. The van der Waals surface area contributed by atoms with E-state index in [1.165, 1.54) is 13.8 Å². The second-order valence-corrected chi connectivity index (χ2v) is 7.56. The van der Waals surface area contributed by atoms with Gasteiger partial charge in [0.2, 0.25) is 0 Å². The Labute approximate surface area is 167 Å². The van der Waals surface area contributed by atoms with Gasteiger partial charge in [-0.1, -0.05) is 37.6 Å². The molecule has 1 aliphatic rings. The zero-order valence-electron chi connectivity index (χ0n) is 15.3. The van der Waals surface area contributed by atoms with Gasteiger partial charge in [0.15, 0.2) is 23.3 Å². The summed E-state index contributed by atoms with van der Waals surface area (Å²) in [5.41, 5.74) is -2.95. The van der Waals surface area contributed by atoms with Crippen molar-refractivity contribution >= 4 is 17.6 Å². The molecule has 0 bridgehead atoms. The van der Waals surface area contributed by atoms with Crippen molar-refractivity contribution in [2.75, 3.05) is 0 Å². The number of alkyl halides is 3. The first-order valence-electron chi connectivity index (χ1n) is 8.30. The van der Waals surface area contributed by atoms with E-state index in [1.807, 2.05) is 0 Å². The SMILES string of the molecule is C=CCc1c(F)c(F)c(COC(=O)C2C(C=C(Cl)C(F)(F)F)C2(C)C)c(F)c1F. The Bertz CT molecular complexity index is 845. The highest BCUT2D eigenvalue weighted by Gasteiger charge is 2.62. The highest BCUT2D eigenvalue weighted by molar-refractivity contribution is 6.30. The average Bonchev–Trinajstić information content (AvgIpc) is 3.16. The Hall–Kier alpha value is -2.03. The molecule has 29 heavy (non-hydrogen) atoms. The van der Waals surface area contributed by atoms with Gasteiger partial charge in [0, 0.05) is 5.56 Å². The van der Waals surface area contributed by atoms with E-state index < -0.39 is 81.9 Å². The number of carbonyl (C=O) groups is 1. The topological polar surface area (TPSA) is 26.3 Å². The molecule has 1 aromatic rings. The molecule has 2 nitrogen and oxygen atoms in total. The molecule has 0 aromatic heterocycles. The second-order valence-electron chi connectivity index (χ2n) is 7.15. The number of benzene rings is 1. The van der Waals surface area contributed by atoms with E-state index in [9.17, 15) is 35.5 Å². The normalized spacial score (nSPS) is 21.1. The van der Waals surface area contributed by atoms with Gasteiger partial charge in [-0.05, 0) is 17.8 Å². The van der Waals surface area contributed by atoms with Crippen molar-refractivity contribution in [2.24, 2.45) is 17.3 Å². The van der Waals surface area contributed by atoms with Crippen LogP contribution in [0.3, 0.4) is 0 Å². The molecule has 0 amide bonds. The van der Waals surface area contributed by atoms with Crippen LogP contribution in [0.5, 0.6) is 0 Å². The van der Waals surface area contributed by atoms with Crippen molar-refractivity contribution in [1.29, 1.82) is 0 Å². The van der Waals surface area contributed by atoms with Crippen molar-refractivity contribution in [3.63, 3.8) is 0 Å². The maximum absolute atomic E-state index is 14.1. The van der Waals surface area contributed by atoms with Gasteiger partial charge in [-0.15, -0.1) is 6.58 Å².